The van der Waals surface area contributed by atoms with E-state index in [0.717, 1.165) is 23.9 Å². The van der Waals surface area contributed by atoms with Crippen molar-refractivity contribution < 1.29 is 9.90 Å². The number of nitrogens with zero attached hydrogens (tertiary/aromatic N) is 3. The molecule has 3 N–H and O–H groups in total. The third-order valence-electron chi connectivity index (χ3n) is 5.54. The number of carbonyl (C=O) groups is 1. The van der Waals surface area contributed by atoms with Crippen LogP contribution in [0, 0.1) is 6.92 Å². The number of unbranched alkanes of at least 4 members (excludes halogenated alkanes) is 5. The summed E-state index contributed by atoms with van der Waals surface area (Å²) in [5, 5.41) is 15.7. The molecule has 0 aliphatic heterocycles. The minimum absolute atomic E-state index is 0.0512. The number of hydrogen-bond acceptors (Lipinski definition) is 6. The zero-order valence-corrected chi connectivity index (χ0v) is 19.4. The van der Waals surface area contributed by atoms with Crippen molar-refractivity contribution in [3.05, 3.63) is 58.0 Å². The first-order valence-electron chi connectivity index (χ1n) is 11.7. The molecule has 0 unspecified atom stereocenters. The highest BCUT2D eigenvalue weighted by atomic mass is 16.3. The van der Waals surface area contributed by atoms with Crippen LogP contribution < -0.4 is 16.2 Å². The van der Waals surface area contributed by atoms with Crippen LogP contribution in [0.15, 0.2) is 41.2 Å². The minimum atomic E-state index is -0.228. The number of hydrogen-bond donors (Lipinski definition) is 3. The fourth-order valence-electron chi connectivity index (χ4n) is 3.73. The van der Waals surface area contributed by atoms with Gasteiger partial charge in [0.2, 0.25) is 5.95 Å². The summed E-state index contributed by atoms with van der Waals surface area (Å²) in [4.78, 5) is 34.1. The first-order chi connectivity index (χ1) is 16.0. The van der Waals surface area contributed by atoms with Gasteiger partial charge in [0.1, 0.15) is 0 Å². The number of amides is 1. The number of aryl methyl sites for hydroxylation is 1. The number of aliphatic hydroxyl groups excluding tert-OH is 1. The van der Waals surface area contributed by atoms with Crippen LogP contribution in [-0.2, 0) is 0 Å². The summed E-state index contributed by atoms with van der Waals surface area (Å²) in [6.45, 7) is 4.97. The van der Waals surface area contributed by atoms with Gasteiger partial charge in [0, 0.05) is 30.1 Å². The van der Waals surface area contributed by atoms with Crippen molar-refractivity contribution in [2.45, 2.75) is 52.4 Å². The topological polar surface area (TPSA) is 109 Å². The van der Waals surface area contributed by atoms with Gasteiger partial charge in [-0.3, -0.25) is 14.2 Å². The summed E-state index contributed by atoms with van der Waals surface area (Å²) >= 11 is 0. The Hall–Kier alpha value is -3.26. The second kappa shape index (κ2) is 12.1. The second-order valence-corrected chi connectivity index (χ2v) is 8.10. The molecule has 0 aliphatic carbocycles. The number of rotatable bonds is 12. The van der Waals surface area contributed by atoms with Gasteiger partial charge in [-0.15, -0.1) is 0 Å². The average Bonchev–Trinajstić information content (AvgIpc) is 2.82. The van der Waals surface area contributed by atoms with E-state index < -0.39 is 0 Å². The van der Waals surface area contributed by atoms with Crippen LogP contribution in [0.5, 0.6) is 0 Å². The molecule has 0 spiro atoms. The zero-order chi connectivity index (χ0) is 23.6. The van der Waals surface area contributed by atoms with Crippen LogP contribution >= 0.6 is 0 Å². The van der Waals surface area contributed by atoms with Gasteiger partial charge in [-0.25, -0.2) is 4.98 Å². The lowest BCUT2D eigenvalue weighted by Crippen LogP contribution is -2.24. The van der Waals surface area contributed by atoms with Crippen LogP contribution in [0.25, 0.3) is 16.7 Å². The molecule has 0 radical (unpaired) electrons. The van der Waals surface area contributed by atoms with Crippen molar-refractivity contribution in [1.29, 1.82) is 0 Å². The second-order valence-electron chi connectivity index (χ2n) is 8.10. The lowest BCUT2D eigenvalue weighted by atomic mass is 10.1. The number of anilines is 1. The fourth-order valence-corrected chi connectivity index (χ4v) is 3.73. The summed E-state index contributed by atoms with van der Waals surface area (Å²) in [7, 11) is 0. The summed E-state index contributed by atoms with van der Waals surface area (Å²) in [5.41, 5.74) is 2.13. The molecule has 8 nitrogen and oxygen atoms in total. The summed E-state index contributed by atoms with van der Waals surface area (Å²) in [6.07, 6.45) is 7.06. The SMILES string of the molecule is CCCCCCCCNC(=O)c1ccc(-n2c(=O)ccc3c(C)nc(NCCO)nc32)cc1. The number of carbonyl (C=O) groups excluding carboxylic acids is 1. The van der Waals surface area contributed by atoms with E-state index >= 15 is 0 Å². The molecule has 0 atom stereocenters. The van der Waals surface area contributed by atoms with E-state index in [0.29, 0.717) is 35.9 Å². The first-order valence-corrected chi connectivity index (χ1v) is 11.7. The normalized spacial score (nSPS) is 11.0. The van der Waals surface area contributed by atoms with Gasteiger partial charge in [0.25, 0.3) is 11.5 Å². The number of fused-ring (bicyclic) bond motifs is 1. The molecular formula is C25H33N5O3. The molecule has 1 amide bonds. The highest BCUT2D eigenvalue weighted by Gasteiger charge is 2.12. The lowest BCUT2D eigenvalue weighted by Gasteiger charge is -2.13. The van der Waals surface area contributed by atoms with Crippen molar-refractivity contribution in [1.82, 2.24) is 19.9 Å². The quantitative estimate of drug-likeness (QED) is 0.363. The molecule has 0 saturated carbocycles. The number of pyridine rings is 1. The fraction of sp³-hybridized carbons (Fsp3) is 0.440. The number of benzene rings is 1. The van der Waals surface area contributed by atoms with Crippen LogP contribution in [0.3, 0.4) is 0 Å². The Morgan fingerprint density at radius 2 is 1.70 bits per heavy atom. The molecule has 8 heteroatoms. The smallest absolute Gasteiger partial charge is 0.256 e. The molecule has 0 fully saturated rings. The van der Waals surface area contributed by atoms with Gasteiger partial charge >= 0.3 is 0 Å². The molecule has 176 valence electrons. The van der Waals surface area contributed by atoms with Crippen molar-refractivity contribution in [3.8, 4) is 5.69 Å². The van der Waals surface area contributed by atoms with Crippen LogP contribution in [0.4, 0.5) is 5.95 Å². The Morgan fingerprint density at radius 3 is 2.42 bits per heavy atom. The molecule has 0 aliphatic rings. The highest BCUT2D eigenvalue weighted by molar-refractivity contribution is 5.94. The van der Waals surface area contributed by atoms with E-state index in [4.69, 9.17) is 5.11 Å². The molecule has 0 saturated heterocycles. The largest absolute Gasteiger partial charge is 0.395 e. The number of aliphatic hydroxyl groups is 1. The number of aromatic nitrogens is 3. The van der Waals surface area contributed by atoms with E-state index in [-0.39, 0.29) is 18.1 Å². The molecule has 3 rings (SSSR count). The highest BCUT2D eigenvalue weighted by Crippen LogP contribution is 2.19. The van der Waals surface area contributed by atoms with Crippen LogP contribution in [0.2, 0.25) is 0 Å². The number of nitrogens with one attached hydrogen (secondary N) is 2. The van der Waals surface area contributed by atoms with Crippen molar-refractivity contribution in [2.24, 2.45) is 0 Å². The maximum absolute atomic E-state index is 12.7. The van der Waals surface area contributed by atoms with Crippen molar-refractivity contribution >= 4 is 22.9 Å². The maximum Gasteiger partial charge on any atom is 0.256 e. The van der Waals surface area contributed by atoms with E-state index in [9.17, 15) is 9.59 Å². The van der Waals surface area contributed by atoms with Crippen LogP contribution in [0.1, 0.15) is 61.5 Å². The monoisotopic (exact) mass is 451 g/mol. The van der Waals surface area contributed by atoms with Crippen LogP contribution in [-0.4, -0.2) is 45.2 Å². The van der Waals surface area contributed by atoms with Gasteiger partial charge in [-0.1, -0.05) is 39.0 Å². The first kappa shape index (κ1) is 24.4. The maximum atomic E-state index is 12.7. The summed E-state index contributed by atoms with van der Waals surface area (Å²) in [6, 6.07) is 10.1. The molecule has 33 heavy (non-hydrogen) atoms. The third kappa shape index (κ3) is 6.38. The Balaban J connectivity index is 1.75. The minimum Gasteiger partial charge on any atom is -0.395 e. The van der Waals surface area contributed by atoms with Gasteiger partial charge in [-0.2, -0.15) is 4.98 Å². The molecule has 0 bridgehead atoms. The molecule has 1 aromatic carbocycles. The van der Waals surface area contributed by atoms with Gasteiger partial charge < -0.3 is 15.7 Å². The predicted octanol–water partition coefficient (Wildman–Crippen LogP) is 3.58. The van der Waals surface area contributed by atoms with Crippen molar-refractivity contribution in [2.75, 3.05) is 25.0 Å². The van der Waals surface area contributed by atoms with Gasteiger partial charge in [0.05, 0.1) is 18.0 Å². The molecular weight excluding hydrogens is 418 g/mol. The Morgan fingerprint density at radius 1 is 0.970 bits per heavy atom. The molecule has 3 aromatic rings. The van der Waals surface area contributed by atoms with Gasteiger partial charge in [-0.05, 0) is 43.7 Å². The Labute approximate surface area is 194 Å². The van der Waals surface area contributed by atoms with Gasteiger partial charge in [0.15, 0.2) is 5.65 Å². The van der Waals surface area contributed by atoms with E-state index in [2.05, 4.69) is 27.5 Å². The Bertz CT molecular complexity index is 1130. The van der Waals surface area contributed by atoms with E-state index in [1.165, 1.54) is 36.3 Å². The third-order valence-corrected chi connectivity index (χ3v) is 5.54. The summed E-state index contributed by atoms with van der Waals surface area (Å²) < 4.78 is 1.51. The van der Waals surface area contributed by atoms with Crippen molar-refractivity contribution in [3.63, 3.8) is 0 Å². The average molecular weight is 452 g/mol. The zero-order valence-electron chi connectivity index (χ0n) is 19.4. The van der Waals surface area contributed by atoms with E-state index in [1.54, 1.807) is 30.3 Å². The summed E-state index contributed by atoms with van der Waals surface area (Å²) in [5.74, 6) is 0.230. The predicted molar refractivity (Wildman–Crippen MR) is 131 cm³/mol. The molecule has 2 heterocycles. The molecule has 2 aromatic heterocycles. The lowest BCUT2D eigenvalue weighted by molar-refractivity contribution is 0.0953. The standard InChI is InChI=1S/C25H33N5O3/c1-3-4-5-6-7-8-15-26-24(33)19-9-11-20(12-10-19)30-22(32)14-13-21-18(2)28-25(27-16-17-31)29-23(21)30/h9-14,31H,3-8,15-17H2,1-2H3,(H,26,33)(H,27,28,29). The van der Waals surface area contributed by atoms with E-state index in [1.807, 2.05) is 6.92 Å². The Kier molecular flexibility index (Phi) is 8.95.